The molecule has 1 heterocycles. The number of methoxy groups -OCH3 is 1. The van der Waals surface area contributed by atoms with Crippen LogP contribution in [0.15, 0.2) is 54.4 Å². The maximum Gasteiger partial charge on any atom is 0.339 e. The molecular weight excluding hydrogens is 270 g/mol. The SMILES string of the molecule is COc1cncc(C=C(C(=O)O)C(=O)c2ccccc2)c1. The molecule has 0 radical (unpaired) electrons. The van der Waals surface area contributed by atoms with Gasteiger partial charge in [-0.3, -0.25) is 9.78 Å². The van der Waals surface area contributed by atoms with Gasteiger partial charge in [0.2, 0.25) is 0 Å². The third-order valence-electron chi connectivity index (χ3n) is 2.79. The zero-order valence-electron chi connectivity index (χ0n) is 11.3. The highest BCUT2D eigenvalue weighted by Gasteiger charge is 2.19. The highest BCUT2D eigenvalue weighted by molar-refractivity contribution is 6.26. The van der Waals surface area contributed by atoms with Gasteiger partial charge in [-0.1, -0.05) is 30.3 Å². The molecule has 0 aliphatic carbocycles. The number of benzene rings is 1. The zero-order chi connectivity index (χ0) is 15.2. The summed E-state index contributed by atoms with van der Waals surface area (Å²) in [6.45, 7) is 0. The number of carbonyl (C=O) groups is 2. The Morgan fingerprint density at radius 1 is 1.19 bits per heavy atom. The summed E-state index contributed by atoms with van der Waals surface area (Å²) in [7, 11) is 1.48. The van der Waals surface area contributed by atoms with Crippen molar-refractivity contribution in [3.05, 3.63) is 65.5 Å². The van der Waals surface area contributed by atoms with Crippen LogP contribution in [0, 0.1) is 0 Å². The molecular formula is C16H13NO4. The molecule has 106 valence electrons. The molecule has 0 amide bonds. The number of nitrogens with zero attached hydrogens (tertiary/aromatic N) is 1. The van der Waals surface area contributed by atoms with E-state index >= 15 is 0 Å². The minimum atomic E-state index is -1.29. The lowest BCUT2D eigenvalue weighted by molar-refractivity contribution is -0.132. The normalized spacial score (nSPS) is 11.0. The average molecular weight is 283 g/mol. The fraction of sp³-hybridized carbons (Fsp3) is 0.0625. The molecule has 0 spiro atoms. The molecule has 0 atom stereocenters. The van der Waals surface area contributed by atoms with E-state index in [1.54, 1.807) is 36.4 Å². The van der Waals surface area contributed by atoms with E-state index in [1.807, 2.05) is 0 Å². The van der Waals surface area contributed by atoms with Gasteiger partial charge >= 0.3 is 5.97 Å². The van der Waals surface area contributed by atoms with E-state index < -0.39 is 11.8 Å². The summed E-state index contributed by atoms with van der Waals surface area (Å²) in [4.78, 5) is 27.5. The summed E-state index contributed by atoms with van der Waals surface area (Å²) >= 11 is 0. The molecule has 2 aromatic rings. The predicted molar refractivity (Wildman–Crippen MR) is 77.2 cm³/mol. The second-order valence-corrected chi connectivity index (χ2v) is 4.22. The lowest BCUT2D eigenvalue weighted by atomic mass is 10.0. The molecule has 1 aromatic carbocycles. The molecule has 0 fully saturated rings. The topological polar surface area (TPSA) is 76.5 Å². The summed E-state index contributed by atoms with van der Waals surface area (Å²) in [6, 6.07) is 9.87. The second kappa shape index (κ2) is 6.47. The Kier molecular flexibility index (Phi) is 4.46. The van der Waals surface area contributed by atoms with Gasteiger partial charge in [-0.25, -0.2) is 4.79 Å². The van der Waals surface area contributed by atoms with Crippen LogP contribution in [0.3, 0.4) is 0 Å². The van der Waals surface area contributed by atoms with Crippen LogP contribution in [0.1, 0.15) is 15.9 Å². The van der Waals surface area contributed by atoms with Crippen LogP contribution in [0.2, 0.25) is 0 Å². The molecule has 0 unspecified atom stereocenters. The monoisotopic (exact) mass is 283 g/mol. The van der Waals surface area contributed by atoms with Crippen molar-refractivity contribution in [2.24, 2.45) is 0 Å². The fourth-order valence-electron chi connectivity index (χ4n) is 1.76. The van der Waals surface area contributed by atoms with Crippen LogP contribution in [0.5, 0.6) is 5.75 Å². The Balaban J connectivity index is 2.41. The smallest absolute Gasteiger partial charge is 0.339 e. The number of rotatable bonds is 5. The van der Waals surface area contributed by atoms with Crippen molar-refractivity contribution in [1.29, 1.82) is 0 Å². The Labute approximate surface area is 121 Å². The highest BCUT2D eigenvalue weighted by atomic mass is 16.5. The molecule has 0 saturated heterocycles. The number of carbonyl (C=O) groups excluding carboxylic acids is 1. The van der Waals surface area contributed by atoms with Gasteiger partial charge in [0.1, 0.15) is 11.3 Å². The van der Waals surface area contributed by atoms with Gasteiger partial charge in [0, 0.05) is 11.8 Å². The van der Waals surface area contributed by atoms with Crippen LogP contribution in [-0.4, -0.2) is 29.0 Å². The molecule has 5 nitrogen and oxygen atoms in total. The van der Waals surface area contributed by atoms with Crippen molar-refractivity contribution >= 4 is 17.8 Å². The number of pyridine rings is 1. The van der Waals surface area contributed by atoms with Crippen LogP contribution >= 0.6 is 0 Å². The third-order valence-corrected chi connectivity index (χ3v) is 2.79. The number of aliphatic carboxylic acids is 1. The van der Waals surface area contributed by atoms with Crippen LogP contribution in [0.25, 0.3) is 6.08 Å². The Morgan fingerprint density at radius 3 is 2.52 bits per heavy atom. The zero-order valence-corrected chi connectivity index (χ0v) is 11.3. The second-order valence-electron chi connectivity index (χ2n) is 4.22. The van der Waals surface area contributed by atoms with Crippen LogP contribution in [-0.2, 0) is 4.79 Å². The van der Waals surface area contributed by atoms with Gasteiger partial charge in [0.25, 0.3) is 0 Å². The average Bonchev–Trinajstić information content (AvgIpc) is 2.52. The highest BCUT2D eigenvalue weighted by Crippen LogP contribution is 2.16. The van der Waals surface area contributed by atoms with Gasteiger partial charge < -0.3 is 9.84 Å². The lowest BCUT2D eigenvalue weighted by Crippen LogP contribution is -2.12. The number of hydrogen-bond donors (Lipinski definition) is 1. The number of Topliss-reactive ketones (excluding diaryl/α,β-unsaturated/α-hetero) is 1. The number of carboxylic acid groups (broad SMARTS) is 1. The molecule has 0 aliphatic heterocycles. The van der Waals surface area contributed by atoms with E-state index in [9.17, 15) is 14.7 Å². The lowest BCUT2D eigenvalue weighted by Gasteiger charge is -2.03. The van der Waals surface area contributed by atoms with E-state index in [0.717, 1.165) is 0 Å². The van der Waals surface area contributed by atoms with Crippen LogP contribution in [0.4, 0.5) is 0 Å². The van der Waals surface area contributed by atoms with Crippen molar-refractivity contribution in [3.63, 3.8) is 0 Å². The summed E-state index contributed by atoms with van der Waals surface area (Å²) in [6.07, 6.45) is 4.24. The Hall–Kier alpha value is -2.95. The van der Waals surface area contributed by atoms with E-state index in [4.69, 9.17) is 4.74 Å². The van der Waals surface area contributed by atoms with Gasteiger partial charge in [-0.2, -0.15) is 0 Å². The largest absolute Gasteiger partial charge is 0.495 e. The van der Waals surface area contributed by atoms with Crippen LogP contribution < -0.4 is 4.74 Å². The van der Waals surface area contributed by atoms with Crippen molar-refractivity contribution in [3.8, 4) is 5.75 Å². The van der Waals surface area contributed by atoms with E-state index in [2.05, 4.69) is 4.98 Å². The minimum absolute atomic E-state index is 0.321. The molecule has 0 bridgehead atoms. The summed E-state index contributed by atoms with van der Waals surface area (Å²) < 4.78 is 5.02. The number of hydrogen-bond acceptors (Lipinski definition) is 4. The molecule has 5 heteroatoms. The quantitative estimate of drug-likeness (QED) is 0.395. The maximum absolute atomic E-state index is 12.2. The number of aromatic nitrogens is 1. The van der Waals surface area contributed by atoms with Gasteiger partial charge in [0.05, 0.1) is 13.3 Å². The molecule has 0 aliphatic rings. The Morgan fingerprint density at radius 2 is 1.90 bits per heavy atom. The Bertz CT molecular complexity index is 692. The van der Waals surface area contributed by atoms with E-state index in [1.165, 1.54) is 25.6 Å². The van der Waals surface area contributed by atoms with Crippen molar-refractivity contribution in [2.45, 2.75) is 0 Å². The van der Waals surface area contributed by atoms with Crippen molar-refractivity contribution in [1.82, 2.24) is 4.98 Å². The summed E-state index contributed by atoms with van der Waals surface area (Å²) in [5, 5.41) is 9.25. The first kappa shape index (κ1) is 14.5. The molecule has 1 aromatic heterocycles. The first-order valence-electron chi connectivity index (χ1n) is 6.15. The van der Waals surface area contributed by atoms with Crippen molar-refractivity contribution in [2.75, 3.05) is 7.11 Å². The molecule has 1 N–H and O–H groups in total. The van der Waals surface area contributed by atoms with E-state index in [-0.39, 0.29) is 5.57 Å². The number of ether oxygens (including phenoxy) is 1. The number of ketones is 1. The first-order valence-corrected chi connectivity index (χ1v) is 6.15. The summed E-state index contributed by atoms with van der Waals surface area (Å²) in [5.74, 6) is -1.35. The van der Waals surface area contributed by atoms with Crippen molar-refractivity contribution < 1.29 is 19.4 Å². The molecule has 0 saturated carbocycles. The summed E-state index contributed by atoms with van der Waals surface area (Å²) in [5.41, 5.74) is 0.481. The number of carboxylic acids is 1. The minimum Gasteiger partial charge on any atom is -0.495 e. The van der Waals surface area contributed by atoms with E-state index in [0.29, 0.717) is 16.9 Å². The molecule has 21 heavy (non-hydrogen) atoms. The first-order chi connectivity index (χ1) is 10.1. The molecule has 2 rings (SSSR count). The predicted octanol–water partition coefficient (Wildman–Crippen LogP) is 2.44. The fourth-order valence-corrected chi connectivity index (χ4v) is 1.76. The van der Waals surface area contributed by atoms with Gasteiger partial charge in [-0.05, 0) is 17.7 Å². The standard InChI is InChI=1S/C16H13NO4/c1-21-13-7-11(9-17-10-13)8-14(16(19)20)15(18)12-5-3-2-4-6-12/h2-10H,1H3,(H,19,20). The third kappa shape index (κ3) is 3.54. The van der Waals surface area contributed by atoms with Gasteiger partial charge in [-0.15, -0.1) is 0 Å². The maximum atomic E-state index is 12.2. The van der Waals surface area contributed by atoms with Gasteiger partial charge in [0.15, 0.2) is 5.78 Å².